The van der Waals surface area contributed by atoms with Crippen molar-refractivity contribution in [2.75, 3.05) is 26.7 Å². The van der Waals surface area contributed by atoms with Gasteiger partial charge in [0.1, 0.15) is 0 Å². The van der Waals surface area contributed by atoms with Crippen LogP contribution in [0.1, 0.15) is 28.9 Å². The SMILES string of the molecule is COc1ccc(C(=O)N2C[C@H]3CC[C@@H]2CN(Cc2ccccn2)C3)cc1F. The summed E-state index contributed by atoms with van der Waals surface area (Å²) < 4.78 is 19.0. The molecule has 3 aliphatic heterocycles. The Morgan fingerprint density at radius 3 is 2.85 bits per heavy atom. The molecule has 6 heteroatoms. The maximum atomic E-state index is 14.0. The van der Waals surface area contributed by atoms with Crippen LogP contribution in [0, 0.1) is 11.7 Å². The third-order valence-electron chi connectivity index (χ3n) is 5.56. The zero-order chi connectivity index (χ0) is 18.8. The zero-order valence-electron chi connectivity index (χ0n) is 15.5. The van der Waals surface area contributed by atoms with Crippen LogP contribution in [0.25, 0.3) is 0 Å². The summed E-state index contributed by atoms with van der Waals surface area (Å²) in [7, 11) is 1.42. The van der Waals surface area contributed by atoms with Gasteiger partial charge in [-0.2, -0.15) is 0 Å². The second-order valence-electron chi connectivity index (χ2n) is 7.42. The van der Waals surface area contributed by atoms with E-state index in [9.17, 15) is 9.18 Å². The fourth-order valence-electron chi connectivity index (χ4n) is 4.24. The minimum Gasteiger partial charge on any atom is -0.494 e. The summed E-state index contributed by atoms with van der Waals surface area (Å²) in [4.78, 5) is 21.8. The highest BCUT2D eigenvalue weighted by molar-refractivity contribution is 5.94. The number of carbonyl (C=O) groups is 1. The molecule has 3 saturated heterocycles. The molecule has 27 heavy (non-hydrogen) atoms. The Balaban J connectivity index is 1.50. The van der Waals surface area contributed by atoms with E-state index in [-0.39, 0.29) is 17.7 Å². The molecule has 1 aromatic carbocycles. The lowest BCUT2D eigenvalue weighted by Gasteiger charge is -2.36. The summed E-state index contributed by atoms with van der Waals surface area (Å²) >= 11 is 0. The number of methoxy groups -OCH3 is 1. The molecule has 4 heterocycles. The standard InChI is InChI=1S/C21H24FN3O2/c1-27-20-8-6-16(10-19(20)22)21(26)25-12-15-5-7-18(25)14-24(11-15)13-17-4-2-3-9-23-17/h2-4,6,8-10,15,18H,5,7,11-14H2,1H3/t15-,18+/m0/s1. The number of pyridine rings is 1. The zero-order valence-corrected chi connectivity index (χ0v) is 15.5. The van der Waals surface area contributed by atoms with Crippen molar-refractivity contribution in [1.29, 1.82) is 0 Å². The molecule has 0 radical (unpaired) electrons. The fraction of sp³-hybridized carbons (Fsp3) is 0.429. The van der Waals surface area contributed by atoms with Crippen LogP contribution in [0.4, 0.5) is 4.39 Å². The molecule has 2 atom stereocenters. The molecule has 142 valence electrons. The number of ether oxygens (including phenoxy) is 1. The lowest BCUT2D eigenvalue weighted by Crippen LogP contribution is -2.47. The number of aromatic nitrogens is 1. The lowest BCUT2D eigenvalue weighted by molar-refractivity contribution is 0.0584. The highest BCUT2D eigenvalue weighted by Gasteiger charge is 2.37. The van der Waals surface area contributed by atoms with Crippen molar-refractivity contribution in [2.24, 2.45) is 5.92 Å². The van der Waals surface area contributed by atoms with Crippen LogP contribution in [-0.4, -0.2) is 53.5 Å². The summed E-state index contributed by atoms with van der Waals surface area (Å²) in [5.41, 5.74) is 1.44. The van der Waals surface area contributed by atoms with Crippen molar-refractivity contribution in [3.05, 3.63) is 59.7 Å². The number of halogens is 1. The molecule has 0 spiro atoms. The number of hydrogen-bond acceptors (Lipinski definition) is 4. The Bertz CT molecular complexity index is 814. The number of carbonyl (C=O) groups excluding carboxylic acids is 1. The van der Waals surface area contributed by atoms with Crippen LogP contribution in [0.15, 0.2) is 42.6 Å². The third kappa shape index (κ3) is 3.81. The molecule has 5 nitrogen and oxygen atoms in total. The van der Waals surface area contributed by atoms with Gasteiger partial charge in [0.2, 0.25) is 0 Å². The van der Waals surface area contributed by atoms with Crippen molar-refractivity contribution >= 4 is 5.91 Å². The number of fused-ring (bicyclic) bond motifs is 4. The normalized spacial score (nSPS) is 22.5. The van der Waals surface area contributed by atoms with E-state index in [0.29, 0.717) is 11.5 Å². The summed E-state index contributed by atoms with van der Waals surface area (Å²) in [5.74, 6) is 0.0102. The van der Waals surface area contributed by atoms with Gasteiger partial charge in [0.15, 0.2) is 11.6 Å². The number of piperidine rings is 1. The molecule has 1 aromatic heterocycles. The molecular formula is C21H24FN3O2. The molecule has 2 bridgehead atoms. The van der Waals surface area contributed by atoms with Gasteiger partial charge in [-0.25, -0.2) is 4.39 Å². The molecule has 5 rings (SSSR count). The fourth-order valence-corrected chi connectivity index (χ4v) is 4.24. The minimum atomic E-state index is -0.500. The van der Waals surface area contributed by atoms with E-state index in [2.05, 4.69) is 9.88 Å². The van der Waals surface area contributed by atoms with E-state index in [1.165, 1.54) is 19.2 Å². The maximum absolute atomic E-state index is 14.0. The van der Waals surface area contributed by atoms with Crippen LogP contribution < -0.4 is 4.74 Å². The Morgan fingerprint density at radius 2 is 2.11 bits per heavy atom. The van der Waals surface area contributed by atoms with Gasteiger partial charge >= 0.3 is 0 Å². The highest BCUT2D eigenvalue weighted by Crippen LogP contribution is 2.30. The van der Waals surface area contributed by atoms with E-state index < -0.39 is 5.82 Å². The first-order valence-corrected chi connectivity index (χ1v) is 9.41. The van der Waals surface area contributed by atoms with Crippen LogP contribution in [0.5, 0.6) is 5.75 Å². The number of nitrogens with zero attached hydrogens (tertiary/aromatic N) is 3. The lowest BCUT2D eigenvalue weighted by atomic mass is 9.94. The minimum absolute atomic E-state index is 0.0917. The van der Waals surface area contributed by atoms with Crippen LogP contribution in [0.3, 0.4) is 0 Å². The van der Waals surface area contributed by atoms with Crippen LogP contribution in [-0.2, 0) is 6.54 Å². The van der Waals surface area contributed by atoms with Crippen molar-refractivity contribution in [3.63, 3.8) is 0 Å². The molecule has 1 amide bonds. The summed E-state index contributed by atoms with van der Waals surface area (Å²) in [5, 5.41) is 0. The predicted octanol–water partition coefficient (Wildman–Crippen LogP) is 2.97. The molecule has 0 N–H and O–H groups in total. The van der Waals surface area contributed by atoms with Crippen molar-refractivity contribution < 1.29 is 13.9 Å². The monoisotopic (exact) mass is 369 g/mol. The van der Waals surface area contributed by atoms with Gasteiger partial charge in [0.25, 0.3) is 5.91 Å². The highest BCUT2D eigenvalue weighted by atomic mass is 19.1. The molecule has 3 fully saturated rings. The van der Waals surface area contributed by atoms with Gasteiger partial charge in [-0.3, -0.25) is 14.7 Å². The van der Waals surface area contributed by atoms with E-state index in [4.69, 9.17) is 4.74 Å². The van der Waals surface area contributed by atoms with Crippen molar-refractivity contribution in [1.82, 2.24) is 14.8 Å². The Labute approximate surface area is 158 Å². The molecule has 0 aliphatic carbocycles. The first-order valence-electron chi connectivity index (χ1n) is 9.41. The van der Waals surface area contributed by atoms with Gasteiger partial charge < -0.3 is 9.64 Å². The van der Waals surface area contributed by atoms with E-state index in [1.54, 1.807) is 6.07 Å². The number of amides is 1. The quantitative estimate of drug-likeness (QED) is 0.831. The summed E-state index contributed by atoms with van der Waals surface area (Å²) in [6.45, 7) is 3.33. The Morgan fingerprint density at radius 1 is 1.22 bits per heavy atom. The summed E-state index contributed by atoms with van der Waals surface area (Å²) in [6.07, 6.45) is 3.94. The summed E-state index contributed by atoms with van der Waals surface area (Å²) in [6, 6.07) is 10.6. The third-order valence-corrected chi connectivity index (χ3v) is 5.56. The second-order valence-corrected chi connectivity index (χ2v) is 7.42. The average Bonchev–Trinajstić information content (AvgIpc) is 2.98. The van der Waals surface area contributed by atoms with Gasteiger partial charge in [-0.1, -0.05) is 6.07 Å². The molecule has 2 aromatic rings. The first-order chi connectivity index (χ1) is 13.1. The number of hydrogen-bond donors (Lipinski definition) is 0. The van der Waals surface area contributed by atoms with E-state index >= 15 is 0 Å². The Hall–Kier alpha value is -2.47. The van der Waals surface area contributed by atoms with E-state index in [1.807, 2.05) is 29.3 Å². The molecular weight excluding hydrogens is 345 g/mol. The smallest absolute Gasteiger partial charge is 0.254 e. The first kappa shape index (κ1) is 17.9. The largest absolute Gasteiger partial charge is 0.494 e. The number of benzene rings is 1. The van der Waals surface area contributed by atoms with Crippen LogP contribution in [0.2, 0.25) is 0 Å². The maximum Gasteiger partial charge on any atom is 0.254 e. The average molecular weight is 369 g/mol. The predicted molar refractivity (Wildman–Crippen MR) is 100 cm³/mol. The van der Waals surface area contributed by atoms with Crippen LogP contribution >= 0.6 is 0 Å². The van der Waals surface area contributed by atoms with Crippen molar-refractivity contribution in [3.8, 4) is 5.75 Å². The van der Waals surface area contributed by atoms with Gasteiger partial charge in [0.05, 0.1) is 12.8 Å². The number of rotatable bonds is 4. The van der Waals surface area contributed by atoms with Gasteiger partial charge in [-0.05, 0) is 49.1 Å². The van der Waals surface area contributed by atoms with Gasteiger partial charge in [-0.15, -0.1) is 0 Å². The van der Waals surface area contributed by atoms with E-state index in [0.717, 1.165) is 44.7 Å². The molecule has 0 unspecified atom stereocenters. The topological polar surface area (TPSA) is 45.7 Å². The molecule has 3 aliphatic rings. The second kappa shape index (κ2) is 7.64. The van der Waals surface area contributed by atoms with Gasteiger partial charge in [0, 0.05) is 44.0 Å². The Kier molecular flexibility index (Phi) is 5.07. The van der Waals surface area contributed by atoms with Crippen molar-refractivity contribution in [2.45, 2.75) is 25.4 Å². The molecule has 0 saturated carbocycles.